The van der Waals surface area contributed by atoms with Crippen molar-refractivity contribution in [2.24, 2.45) is 0 Å². The Morgan fingerprint density at radius 1 is 1.39 bits per heavy atom. The highest BCUT2D eigenvalue weighted by Crippen LogP contribution is 2.17. The van der Waals surface area contributed by atoms with Gasteiger partial charge in [0.25, 0.3) is 5.91 Å². The van der Waals surface area contributed by atoms with Gasteiger partial charge < -0.3 is 16.0 Å². The van der Waals surface area contributed by atoms with E-state index in [1.807, 2.05) is 0 Å². The van der Waals surface area contributed by atoms with E-state index >= 15 is 0 Å². The molecule has 5 nitrogen and oxygen atoms in total. The van der Waals surface area contributed by atoms with Crippen LogP contribution in [0.4, 0.5) is 5.69 Å². The predicted molar refractivity (Wildman–Crippen MR) is 71.5 cm³/mol. The number of likely N-dealkylation sites (N-methyl/N-ethyl adjacent to an activating group) is 1. The summed E-state index contributed by atoms with van der Waals surface area (Å²) in [7, 11) is 3.25. The second-order valence-electron chi connectivity index (χ2n) is 4.16. The molecule has 0 spiro atoms. The molecule has 0 fully saturated rings. The van der Waals surface area contributed by atoms with Gasteiger partial charge in [-0.25, -0.2) is 0 Å². The number of amides is 2. The highest BCUT2D eigenvalue weighted by molar-refractivity contribution is 6.31. The van der Waals surface area contributed by atoms with Gasteiger partial charge in [0.15, 0.2) is 0 Å². The number of nitrogens with two attached hydrogens (primary N) is 1. The fraction of sp³-hybridized carbons (Fsp3) is 0.333. The normalized spacial score (nSPS) is 11.8. The number of halogens is 1. The van der Waals surface area contributed by atoms with Crippen LogP contribution in [0.1, 0.15) is 17.3 Å². The second kappa shape index (κ2) is 5.73. The third-order valence-electron chi connectivity index (χ3n) is 2.42. The molecule has 98 valence electrons. The molecular formula is C12H16ClN3O2. The van der Waals surface area contributed by atoms with Gasteiger partial charge in [0.2, 0.25) is 5.91 Å². The maximum Gasteiger partial charge on any atom is 0.254 e. The molecule has 0 bridgehead atoms. The van der Waals surface area contributed by atoms with E-state index in [0.29, 0.717) is 10.6 Å². The zero-order valence-corrected chi connectivity index (χ0v) is 11.3. The van der Waals surface area contributed by atoms with Crippen LogP contribution >= 0.6 is 11.6 Å². The van der Waals surface area contributed by atoms with Crippen molar-refractivity contribution < 1.29 is 9.59 Å². The molecule has 0 aliphatic carbocycles. The minimum atomic E-state index is -0.609. The van der Waals surface area contributed by atoms with Crippen molar-refractivity contribution in [1.82, 2.24) is 10.2 Å². The van der Waals surface area contributed by atoms with Crippen molar-refractivity contribution in [3.05, 3.63) is 28.8 Å². The average Bonchev–Trinajstić information content (AvgIpc) is 2.27. The summed E-state index contributed by atoms with van der Waals surface area (Å²) in [5, 5.41) is 3.04. The summed E-state index contributed by atoms with van der Waals surface area (Å²) < 4.78 is 0. The topological polar surface area (TPSA) is 75.4 Å². The first kappa shape index (κ1) is 14.3. The minimum absolute atomic E-state index is 0.184. The number of rotatable bonds is 3. The summed E-state index contributed by atoms with van der Waals surface area (Å²) >= 11 is 5.75. The Bertz CT molecular complexity index is 474. The van der Waals surface area contributed by atoms with Gasteiger partial charge in [0.1, 0.15) is 6.04 Å². The van der Waals surface area contributed by atoms with E-state index in [-0.39, 0.29) is 11.6 Å². The van der Waals surface area contributed by atoms with E-state index in [1.54, 1.807) is 27.1 Å². The second-order valence-corrected chi connectivity index (χ2v) is 4.60. The van der Waals surface area contributed by atoms with Crippen LogP contribution in [-0.2, 0) is 4.79 Å². The van der Waals surface area contributed by atoms with Crippen LogP contribution in [0, 0.1) is 0 Å². The molecule has 0 saturated carbocycles. The molecule has 1 unspecified atom stereocenters. The van der Waals surface area contributed by atoms with Gasteiger partial charge in [-0.1, -0.05) is 11.6 Å². The number of benzene rings is 1. The molecule has 2 amide bonds. The van der Waals surface area contributed by atoms with Crippen LogP contribution in [0.25, 0.3) is 0 Å². The molecule has 1 aromatic rings. The average molecular weight is 270 g/mol. The molecule has 0 aliphatic rings. The third-order valence-corrected chi connectivity index (χ3v) is 2.65. The lowest BCUT2D eigenvalue weighted by Crippen LogP contribution is -2.44. The van der Waals surface area contributed by atoms with Crippen LogP contribution in [0.3, 0.4) is 0 Å². The SMILES string of the molecule is CC(NC(=O)c1ccc(Cl)cc1N)C(=O)N(C)C. The molecule has 1 aromatic carbocycles. The lowest BCUT2D eigenvalue weighted by molar-refractivity contribution is -0.130. The summed E-state index contributed by atoms with van der Waals surface area (Å²) in [6.07, 6.45) is 0. The van der Waals surface area contributed by atoms with E-state index < -0.39 is 11.9 Å². The monoisotopic (exact) mass is 269 g/mol. The predicted octanol–water partition coefficient (Wildman–Crippen LogP) is 1.13. The Morgan fingerprint density at radius 3 is 2.50 bits per heavy atom. The Hall–Kier alpha value is -1.75. The highest BCUT2D eigenvalue weighted by Gasteiger charge is 2.19. The number of nitrogen functional groups attached to an aromatic ring is 1. The Labute approximate surface area is 111 Å². The zero-order chi connectivity index (χ0) is 13.9. The van der Waals surface area contributed by atoms with Crippen molar-refractivity contribution >= 4 is 29.1 Å². The smallest absolute Gasteiger partial charge is 0.254 e. The van der Waals surface area contributed by atoms with Crippen molar-refractivity contribution in [3.8, 4) is 0 Å². The van der Waals surface area contributed by atoms with Crippen molar-refractivity contribution in [2.75, 3.05) is 19.8 Å². The quantitative estimate of drug-likeness (QED) is 0.808. The van der Waals surface area contributed by atoms with Crippen molar-refractivity contribution in [1.29, 1.82) is 0 Å². The van der Waals surface area contributed by atoms with Crippen LogP contribution in [0.15, 0.2) is 18.2 Å². The molecule has 3 N–H and O–H groups in total. The number of hydrogen-bond acceptors (Lipinski definition) is 3. The fourth-order valence-electron chi connectivity index (χ4n) is 1.46. The summed E-state index contributed by atoms with van der Waals surface area (Å²) in [6, 6.07) is 3.99. The van der Waals surface area contributed by atoms with Crippen molar-refractivity contribution in [3.63, 3.8) is 0 Å². The first-order valence-electron chi connectivity index (χ1n) is 5.40. The molecule has 1 atom stereocenters. The van der Waals surface area contributed by atoms with E-state index in [4.69, 9.17) is 17.3 Å². The molecule has 6 heteroatoms. The standard InChI is InChI=1S/C12H16ClN3O2/c1-7(12(18)16(2)3)15-11(17)9-5-4-8(13)6-10(9)14/h4-7H,14H2,1-3H3,(H,15,17). The molecule has 0 aliphatic heterocycles. The summed E-state index contributed by atoms with van der Waals surface area (Å²) in [5.74, 6) is -0.581. The molecular weight excluding hydrogens is 254 g/mol. The number of carbonyl (C=O) groups excluding carboxylic acids is 2. The van der Waals surface area contributed by atoms with Gasteiger partial charge >= 0.3 is 0 Å². The van der Waals surface area contributed by atoms with Crippen LogP contribution in [0.5, 0.6) is 0 Å². The number of hydrogen-bond donors (Lipinski definition) is 2. The minimum Gasteiger partial charge on any atom is -0.398 e. The largest absolute Gasteiger partial charge is 0.398 e. The number of carbonyl (C=O) groups is 2. The highest BCUT2D eigenvalue weighted by atomic mass is 35.5. The summed E-state index contributed by atoms with van der Waals surface area (Å²) in [5.41, 5.74) is 6.28. The Morgan fingerprint density at radius 2 is 2.00 bits per heavy atom. The van der Waals surface area contributed by atoms with Gasteiger partial charge in [-0.2, -0.15) is 0 Å². The van der Waals surface area contributed by atoms with E-state index in [9.17, 15) is 9.59 Å². The van der Waals surface area contributed by atoms with Crippen molar-refractivity contribution in [2.45, 2.75) is 13.0 Å². The van der Waals surface area contributed by atoms with Crippen LogP contribution in [-0.4, -0.2) is 36.9 Å². The summed E-state index contributed by atoms with van der Waals surface area (Å²) in [4.78, 5) is 24.9. The van der Waals surface area contributed by atoms with Gasteiger partial charge in [0.05, 0.1) is 5.56 Å². The van der Waals surface area contributed by atoms with Crippen LogP contribution < -0.4 is 11.1 Å². The molecule has 18 heavy (non-hydrogen) atoms. The van der Waals surface area contributed by atoms with Gasteiger partial charge in [0, 0.05) is 24.8 Å². The zero-order valence-electron chi connectivity index (χ0n) is 10.5. The Balaban J connectivity index is 2.80. The fourth-order valence-corrected chi connectivity index (χ4v) is 1.64. The van der Waals surface area contributed by atoms with E-state index in [0.717, 1.165) is 0 Å². The van der Waals surface area contributed by atoms with Gasteiger partial charge in [-0.3, -0.25) is 9.59 Å². The maximum absolute atomic E-state index is 11.9. The van der Waals surface area contributed by atoms with E-state index in [2.05, 4.69) is 5.32 Å². The molecule has 0 aromatic heterocycles. The molecule has 1 rings (SSSR count). The molecule has 0 saturated heterocycles. The number of nitrogens with one attached hydrogen (secondary N) is 1. The Kier molecular flexibility index (Phi) is 4.55. The summed E-state index contributed by atoms with van der Waals surface area (Å²) in [6.45, 7) is 1.62. The molecule has 0 radical (unpaired) electrons. The number of nitrogens with zero attached hydrogens (tertiary/aromatic N) is 1. The maximum atomic E-state index is 11.9. The lowest BCUT2D eigenvalue weighted by atomic mass is 10.1. The van der Waals surface area contributed by atoms with Gasteiger partial charge in [-0.15, -0.1) is 0 Å². The van der Waals surface area contributed by atoms with E-state index in [1.165, 1.54) is 17.0 Å². The first-order chi connectivity index (χ1) is 8.32. The lowest BCUT2D eigenvalue weighted by Gasteiger charge is -2.18. The third kappa shape index (κ3) is 3.37. The first-order valence-corrected chi connectivity index (χ1v) is 5.77. The van der Waals surface area contributed by atoms with Gasteiger partial charge in [-0.05, 0) is 25.1 Å². The van der Waals surface area contributed by atoms with Crippen LogP contribution in [0.2, 0.25) is 5.02 Å². The number of anilines is 1. The molecule has 0 heterocycles.